The Morgan fingerprint density at radius 1 is 1.38 bits per heavy atom. The van der Waals surface area contributed by atoms with E-state index in [0.717, 1.165) is 22.9 Å². The number of halogens is 1. The molecule has 0 atom stereocenters. The van der Waals surface area contributed by atoms with Gasteiger partial charge in [0.2, 0.25) is 0 Å². The number of rotatable bonds is 3. The molecular formula is C11H12ClN3O. The van der Waals surface area contributed by atoms with Gasteiger partial charge >= 0.3 is 0 Å². The van der Waals surface area contributed by atoms with Crippen molar-refractivity contribution in [2.75, 3.05) is 12.4 Å². The molecule has 0 saturated carbocycles. The summed E-state index contributed by atoms with van der Waals surface area (Å²) in [5.41, 5.74) is 1.79. The average molecular weight is 238 g/mol. The van der Waals surface area contributed by atoms with Crippen LogP contribution in [0.4, 0.5) is 11.5 Å². The molecule has 0 fully saturated rings. The zero-order valence-electron chi connectivity index (χ0n) is 9.04. The van der Waals surface area contributed by atoms with Crippen LogP contribution in [0.25, 0.3) is 0 Å². The van der Waals surface area contributed by atoms with Gasteiger partial charge in [-0.15, -0.1) is 0 Å². The summed E-state index contributed by atoms with van der Waals surface area (Å²) in [5.74, 6) is 1.47. The van der Waals surface area contributed by atoms with Crippen LogP contribution in [0.5, 0.6) is 5.75 Å². The first-order valence-electron chi connectivity index (χ1n) is 4.81. The van der Waals surface area contributed by atoms with Crippen LogP contribution >= 0.6 is 11.6 Å². The quantitative estimate of drug-likeness (QED) is 0.862. The van der Waals surface area contributed by atoms with Crippen molar-refractivity contribution in [1.29, 1.82) is 0 Å². The molecule has 0 spiro atoms. The molecule has 0 aliphatic rings. The smallest absolute Gasteiger partial charge is 0.152 e. The molecule has 1 aromatic carbocycles. The van der Waals surface area contributed by atoms with Gasteiger partial charge in [0.25, 0.3) is 0 Å². The summed E-state index contributed by atoms with van der Waals surface area (Å²) < 4.78 is 5.07. The summed E-state index contributed by atoms with van der Waals surface area (Å²) >= 11 is 6.08. The van der Waals surface area contributed by atoms with E-state index in [1.807, 2.05) is 25.1 Å². The number of H-pyrrole nitrogens is 1. The number of hydrogen-bond acceptors (Lipinski definition) is 3. The number of nitrogens with one attached hydrogen (secondary N) is 2. The van der Waals surface area contributed by atoms with E-state index < -0.39 is 0 Å². The predicted molar refractivity (Wildman–Crippen MR) is 64.6 cm³/mol. The lowest BCUT2D eigenvalue weighted by Crippen LogP contribution is -1.92. The minimum Gasteiger partial charge on any atom is -0.497 e. The van der Waals surface area contributed by atoms with Gasteiger partial charge in [-0.05, 0) is 19.1 Å². The van der Waals surface area contributed by atoms with E-state index >= 15 is 0 Å². The normalized spacial score (nSPS) is 10.2. The summed E-state index contributed by atoms with van der Waals surface area (Å²) in [6.45, 7) is 1.94. The SMILES string of the molecule is COc1ccc(Nc2cc(C)[nH]n2)c(Cl)c1. The third kappa shape index (κ3) is 2.28. The standard InChI is InChI=1S/C11H12ClN3O/c1-7-5-11(15-14-7)13-10-4-3-8(16-2)6-9(10)12/h3-6H,1-2H3,(H2,13,14,15). The minimum atomic E-state index is 0.597. The molecule has 16 heavy (non-hydrogen) atoms. The lowest BCUT2D eigenvalue weighted by molar-refractivity contribution is 0.415. The Labute approximate surface area is 98.6 Å². The van der Waals surface area contributed by atoms with Crippen molar-refractivity contribution in [3.63, 3.8) is 0 Å². The second kappa shape index (κ2) is 4.45. The van der Waals surface area contributed by atoms with Gasteiger partial charge in [-0.3, -0.25) is 5.10 Å². The maximum absolute atomic E-state index is 6.08. The van der Waals surface area contributed by atoms with Gasteiger partial charge < -0.3 is 10.1 Å². The van der Waals surface area contributed by atoms with E-state index in [0.29, 0.717) is 5.02 Å². The number of ether oxygens (including phenoxy) is 1. The monoisotopic (exact) mass is 237 g/mol. The molecule has 0 saturated heterocycles. The van der Waals surface area contributed by atoms with Crippen molar-refractivity contribution in [3.05, 3.63) is 35.0 Å². The van der Waals surface area contributed by atoms with E-state index in [-0.39, 0.29) is 0 Å². The van der Waals surface area contributed by atoms with Crippen LogP contribution in [0, 0.1) is 6.92 Å². The van der Waals surface area contributed by atoms with Crippen molar-refractivity contribution in [2.24, 2.45) is 0 Å². The molecule has 0 aliphatic carbocycles. The number of benzene rings is 1. The largest absolute Gasteiger partial charge is 0.497 e. The highest BCUT2D eigenvalue weighted by Crippen LogP contribution is 2.28. The Kier molecular flexibility index (Phi) is 3.01. The van der Waals surface area contributed by atoms with Crippen molar-refractivity contribution >= 4 is 23.1 Å². The van der Waals surface area contributed by atoms with Gasteiger partial charge in [-0.25, -0.2) is 0 Å². The van der Waals surface area contributed by atoms with E-state index in [1.54, 1.807) is 13.2 Å². The number of hydrogen-bond donors (Lipinski definition) is 2. The van der Waals surface area contributed by atoms with Gasteiger partial charge in [-0.1, -0.05) is 11.6 Å². The number of nitrogens with zero attached hydrogens (tertiary/aromatic N) is 1. The Morgan fingerprint density at radius 2 is 2.19 bits per heavy atom. The lowest BCUT2D eigenvalue weighted by Gasteiger charge is -2.07. The van der Waals surface area contributed by atoms with E-state index in [2.05, 4.69) is 15.5 Å². The lowest BCUT2D eigenvalue weighted by atomic mass is 10.3. The van der Waals surface area contributed by atoms with Gasteiger partial charge in [-0.2, -0.15) is 5.10 Å². The van der Waals surface area contributed by atoms with Gasteiger partial charge in [0.15, 0.2) is 5.82 Å². The maximum atomic E-state index is 6.08. The maximum Gasteiger partial charge on any atom is 0.152 e. The molecule has 0 aliphatic heterocycles. The van der Waals surface area contributed by atoms with E-state index in [1.165, 1.54) is 0 Å². The first-order chi connectivity index (χ1) is 7.69. The second-order valence-corrected chi connectivity index (χ2v) is 3.81. The summed E-state index contributed by atoms with van der Waals surface area (Å²) in [4.78, 5) is 0. The molecule has 2 aromatic rings. The summed E-state index contributed by atoms with van der Waals surface area (Å²) in [6.07, 6.45) is 0. The molecule has 0 bridgehead atoms. The molecule has 2 N–H and O–H groups in total. The van der Waals surface area contributed by atoms with Crippen LogP contribution < -0.4 is 10.1 Å². The Hall–Kier alpha value is -1.68. The fraction of sp³-hybridized carbons (Fsp3) is 0.182. The topological polar surface area (TPSA) is 49.9 Å². The second-order valence-electron chi connectivity index (χ2n) is 3.41. The molecule has 5 heteroatoms. The number of anilines is 2. The minimum absolute atomic E-state index is 0.597. The summed E-state index contributed by atoms with van der Waals surface area (Å²) in [5, 5.41) is 10.6. The first-order valence-corrected chi connectivity index (χ1v) is 5.19. The highest BCUT2D eigenvalue weighted by Gasteiger charge is 2.04. The number of methoxy groups -OCH3 is 1. The first kappa shape index (κ1) is 10.8. The molecule has 4 nitrogen and oxygen atoms in total. The number of aryl methyl sites for hydroxylation is 1. The molecule has 0 radical (unpaired) electrons. The molecule has 0 unspecified atom stereocenters. The van der Waals surface area contributed by atoms with Crippen LogP contribution in [0.15, 0.2) is 24.3 Å². The fourth-order valence-corrected chi connectivity index (χ4v) is 1.56. The fourth-order valence-electron chi connectivity index (χ4n) is 1.34. The summed E-state index contributed by atoms with van der Waals surface area (Å²) in [6, 6.07) is 7.35. The van der Waals surface area contributed by atoms with Crippen molar-refractivity contribution < 1.29 is 4.74 Å². The van der Waals surface area contributed by atoms with Crippen LogP contribution in [0.1, 0.15) is 5.69 Å². The van der Waals surface area contributed by atoms with E-state index in [4.69, 9.17) is 16.3 Å². The zero-order chi connectivity index (χ0) is 11.5. The third-order valence-electron chi connectivity index (χ3n) is 2.14. The van der Waals surface area contributed by atoms with E-state index in [9.17, 15) is 0 Å². The predicted octanol–water partition coefficient (Wildman–Crippen LogP) is 3.12. The highest BCUT2D eigenvalue weighted by atomic mass is 35.5. The van der Waals surface area contributed by atoms with Crippen molar-refractivity contribution in [3.8, 4) is 5.75 Å². The highest BCUT2D eigenvalue weighted by molar-refractivity contribution is 6.33. The molecule has 2 rings (SSSR count). The number of aromatic nitrogens is 2. The molecule has 1 heterocycles. The molecule has 0 amide bonds. The van der Waals surface area contributed by atoms with Crippen LogP contribution in [-0.4, -0.2) is 17.3 Å². The van der Waals surface area contributed by atoms with Crippen molar-refractivity contribution in [1.82, 2.24) is 10.2 Å². The van der Waals surface area contributed by atoms with Gasteiger partial charge in [0.05, 0.1) is 17.8 Å². The number of aromatic amines is 1. The molecule has 84 valence electrons. The Bertz CT molecular complexity index is 496. The third-order valence-corrected chi connectivity index (χ3v) is 2.46. The molecule has 1 aromatic heterocycles. The van der Waals surface area contributed by atoms with Gasteiger partial charge in [0, 0.05) is 17.8 Å². The molecular weight excluding hydrogens is 226 g/mol. The zero-order valence-corrected chi connectivity index (χ0v) is 9.80. The van der Waals surface area contributed by atoms with Crippen molar-refractivity contribution in [2.45, 2.75) is 6.92 Å². The average Bonchev–Trinajstić information content (AvgIpc) is 2.67. The van der Waals surface area contributed by atoms with Crippen LogP contribution in [-0.2, 0) is 0 Å². The Balaban J connectivity index is 2.21. The van der Waals surface area contributed by atoms with Crippen LogP contribution in [0.3, 0.4) is 0 Å². The summed E-state index contributed by atoms with van der Waals surface area (Å²) in [7, 11) is 1.61. The Morgan fingerprint density at radius 3 is 2.75 bits per heavy atom. The van der Waals surface area contributed by atoms with Gasteiger partial charge in [0.1, 0.15) is 5.75 Å². The van der Waals surface area contributed by atoms with Crippen LogP contribution in [0.2, 0.25) is 5.02 Å².